The average Bonchev–Trinajstić information content (AvgIpc) is 3.15. The lowest BCUT2D eigenvalue weighted by molar-refractivity contribution is -0.119. The molecule has 1 unspecified atom stereocenters. The summed E-state index contributed by atoms with van der Waals surface area (Å²) in [7, 11) is 0. The highest BCUT2D eigenvalue weighted by molar-refractivity contribution is 5.91. The van der Waals surface area contributed by atoms with Crippen molar-refractivity contribution in [3.05, 3.63) is 34.7 Å². The van der Waals surface area contributed by atoms with Crippen LogP contribution in [0.4, 0.5) is 14.6 Å². The van der Waals surface area contributed by atoms with Gasteiger partial charge in [0.05, 0.1) is 5.69 Å². The number of amides is 1. The van der Waals surface area contributed by atoms with Crippen LogP contribution in [0.2, 0.25) is 0 Å². The first kappa shape index (κ1) is 20.2. The van der Waals surface area contributed by atoms with Gasteiger partial charge in [0.15, 0.2) is 5.82 Å². The quantitative estimate of drug-likeness (QED) is 0.757. The first-order valence-corrected chi connectivity index (χ1v) is 9.53. The van der Waals surface area contributed by atoms with Crippen LogP contribution in [-0.2, 0) is 4.79 Å². The van der Waals surface area contributed by atoms with E-state index in [-0.39, 0.29) is 11.8 Å². The molecule has 2 aromatic heterocycles. The molecule has 152 valence electrons. The van der Waals surface area contributed by atoms with Gasteiger partial charge >= 0.3 is 6.55 Å². The molecule has 0 aromatic carbocycles. The molecular formula is C19H25F2N5O2. The molecule has 7 nitrogen and oxygen atoms in total. The van der Waals surface area contributed by atoms with Gasteiger partial charge in [-0.05, 0) is 45.0 Å². The number of nitrogens with one attached hydrogen (secondary N) is 2. The molecule has 0 spiro atoms. The Morgan fingerprint density at radius 2 is 2.04 bits per heavy atom. The maximum Gasteiger partial charge on any atom is 0.321 e. The molecule has 2 N–H and O–H groups in total. The monoisotopic (exact) mass is 393 g/mol. The van der Waals surface area contributed by atoms with E-state index in [9.17, 15) is 18.4 Å². The summed E-state index contributed by atoms with van der Waals surface area (Å²) in [6.45, 7) is 2.05. The van der Waals surface area contributed by atoms with Crippen LogP contribution in [0.3, 0.4) is 0 Å². The van der Waals surface area contributed by atoms with Crippen molar-refractivity contribution < 1.29 is 13.6 Å². The van der Waals surface area contributed by atoms with E-state index in [1.165, 1.54) is 25.3 Å². The molecule has 0 saturated carbocycles. The first-order chi connectivity index (χ1) is 13.4. The molecule has 1 atom stereocenters. The van der Waals surface area contributed by atoms with Crippen LogP contribution in [0, 0.1) is 5.92 Å². The maximum atomic E-state index is 12.9. The maximum absolute atomic E-state index is 12.9. The molecule has 1 aliphatic heterocycles. The third kappa shape index (κ3) is 5.03. The molecule has 3 heterocycles. The summed E-state index contributed by atoms with van der Waals surface area (Å²) < 4.78 is 26.1. The molecule has 3 rings (SSSR count). The number of nitrogens with zero attached hydrogens (tertiary/aromatic N) is 3. The van der Waals surface area contributed by atoms with E-state index in [0.29, 0.717) is 21.6 Å². The number of pyridine rings is 1. The Hall–Kier alpha value is -2.55. The zero-order chi connectivity index (χ0) is 20.1. The average molecular weight is 393 g/mol. The van der Waals surface area contributed by atoms with Crippen molar-refractivity contribution in [3.63, 3.8) is 0 Å². The Morgan fingerprint density at radius 1 is 1.29 bits per heavy atom. The second kappa shape index (κ2) is 9.09. The number of H-pyrrole nitrogens is 1. The summed E-state index contributed by atoms with van der Waals surface area (Å²) >= 11 is 0. The fraction of sp³-hybridized carbons (Fsp3) is 0.526. The third-order valence-electron chi connectivity index (χ3n) is 5.06. The lowest BCUT2D eigenvalue weighted by Gasteiger charge is -2.27. The van der Waals surface area contributed by atoms with Gasteiger partial charge in [-0.2, -0.15) is 13.9 Å². The minimum Gasteiger partial charge on any atom is -0.309 e. The van der Waals surface area contributed by atoms with E-state index < -0.39 is 12.1 Å². The van der Waals surface area contributed by atoms with E-state index in [1.54, 1.807) is 6.07 Å². The summed E-state index contributed by atoms with van der Waals surface area (Å²) in [5.74, 6) is 0.0232. The van der Waals surface area contributed by atoms with E-state index in [1.807, 2.05) is 6.92 Å². The van der Waals surface area contributed by atoms with Crippen molar-refractivity contribution in [1.82, 2.24) is 19.7 Å². The zero-order valence-corrected chi connectivity index (χ0v) is 15.8. The lowest BCUT2D eigenvalue weighted by Crippen LogP contribution is -2.33. The number of aromatic nitrogens is 3. The van der Waals surface area contributed by atoms with Crippen LogP contribution in [0.25, 0.3) is 11.3 Å². The summed E-state index contributed by atoms with van der Waals surface area (Å²) in [5, 5.41) is 9.47. The van der Waals surface area contributed by atoms with Gasteiger partial charge in [-0.25, -0.2) is 0 Å². The molecule has 0 aliphatic carbocycles. The Morgan fingerprint density at radius 3 is 2.75 bits per heavy atom. The Bertz CT molecular complexity index is 858. The highest BCUT2D eigenvalue weighted by Crippen LogP contribution is 2.21. The molecule has 2 aromatic rings. The summed E-state index contributed by atoms with van der Waals surface area (Å²) in [5.41, 5.74) is 0.0334. The highest BCUT2D eigenvalue weighted by atomic mass is 19.3. The van der Waals surface area contributed by atoms with E-state index >= 15 is 0 Å². The minimum absolute atomic E-state index is 0.132. The van der Waals surface area contributed by atoms with Crippen molar-refractivity contribution in [2.24, 2.45) is 5.92 Å². The predicted octanol–water partition coefficient (Wildman–Crippen LogP) is 3.08. The third-order valence-corrected chi connectivity index (χ3v) is 5.06. The molecule has 1 saturated heterocycles. The van der Waals surface area contributed by atoms with Crippen LogP contribution < -0.4 is 10.9 Å². The van der Waals surface area contributed by atoms with Crippen LogP contribution in [0.15, 0.2) is 29.2 Å². The number of anilines is 1. The second-order valence-corrected chi connectivity index (χ2v) is 7.19. The number of carbonyl (C=O) groups is 1. The number of halogens is 2. The van der Waals surface area contributed by atoms with Crippen LogP contribution >= 0.6 is 0 Å². The normalized spacial score (nSPS) is 16.3. The lowest BCUT2D eigenvalue weighted by atomic mass is 10.1. The Labute approximate surface area is 161 Å². The smallest absolute Gasteiger partial charge is 0.309 e. The zero-order valence-electron chi connectivity index (χ0n) is 15.8. The van der Waals surface area contributed by atoms with Crippen LogP contribution in [0.5, 0.6) is 0 Å². The Balaban J connectivity index is 1.58. The van der Waals surface area contributed by atoms with Gasteiger partial charge < -0.3 is 10.2 Å². The van der Waals surface area contributed by atoms with E-state index in [2.05, 4.69) is 20.4 Å². The van der Waals surface area contributed by atoms with Gasteiger partial charge in [0.2, 0.25) is 5.91 Å². The molecule has 1 amide bonds. The van der Waals surface area contributed by atoms with Gasteiger partial charge in [-0.3, -0.25) is 19.3 Å². The van der Waals surface area contributed by atoms with Gasteiger partial charge in [-0.15, -0.1) is 0 Å². The van der Waals surface area contributed by atoms with Gasteiger partial charge in [-0.1, -0.05) is 13.3 Å². The van der Waals surface area contributed by atoms with Gasteiger partial charge in [0.25, 0.3) is 5.56 Å². The number of aromatic amines is 1. The van der Waals surface area contributed by atoms with Crippen molar-refractivity contribution >= 4 is 11.7 Å². The van der Waals surface area contributed by atoms with Crippen molar-refractivity contribution in [1.29, 1.82) is 0 Å². The first-order valence-electron chi connectivity index (χ1n) is 9.53. The summed E-state index contributed by atoms with van der Waals surface area (Å²) in [6.07, 6.45) is 5.55. The number of carbonyl (C=O) groups excluding carboxylic acids is 1. The molecule has 0 bridgehead atoms. The SMILES string of the molecule is CC(CCN1CCCCC1)C(=O)Nc1cc(-c2ccc(=O)n(C(F)F)c2)[nH]n1. The number of hydrogen-bond donors (Lipinski definition) is 2. The van der Waals surface area contributed by atoms with E-state index in [0.717, 1.165) is 38.3 Å². The van der Waals surface area contributed by atoms with E-state index in [4.69, 9.17) is 0 Å². The topological polar surface area (TPSA) is 83.0 Å². The van der Waals surface area contributed by atoms with Crippen molar-refractivity contribution in [2.75, 3.05) is 25.0 Å². The van der Waals surface area contributed by atoms with Crippen LogP contribution in [0.1, 0.15) is 39.2 Å². The number of likely N-dealkylation sites (tertiary alicyclic amines) is 1. The molecule has 28 heavy (non-hydrogen) atoms. The number of alkyl halides is 2. The van der Waals surface area contributed by atoms with Crippen molar-refractivity contribution in [2.45, 2.75) is 39.2 Å². The highest BCUT2D eigenvalue weighted by Gasteiger charge is 2.18. The molecule has 0 radical (unpaired) electrons. The van der Waals surface area contributed by atoms with Crippen LogP contribution in [-0.4, -0.2) is 45.2 Å². The fourth-order valence-electron chi connectivity index (χ4n) is 3.29. The number of piperidine rings is 1. The summed E-state index contributed by atoms with van der Waals surface area (Å²) in [6, 6.07) is 4.07. The fourth-order valence-corrected chi connectivity index (χ4v) is 3.29. The predicted molar refractivity (Wildman–Crippen MR) is 102 cm³/mol. The summed E-state index contributed by atoms with van der Waals surface area (Å²) in [4.78, 5) is 26.2. The van der Waals surface area contributed by atoms with Gasteiger partial charge in [0.1, 0.15) is 0 Å². The minimum atomic E-state index is -2.92. The standard InChI is InChI=1S/C19H25F2N5O2/c1-13(7-10-25-8-3-2-4-9-25)18(28)22-16-11-15(23-24-16)14-5-6-17(27)26(12-14)19(20)21/h5-6,11-13,19H,2-4,7-10H2,1H3,(H2,22,23,24,28). The molecule has 1 fully saturated rings. The Kier molecular flexibility index (Phi) is 6.56. The van der Waals surface area contributed by atoms with Crippen molar-refractivity contribution in [3.8, 4) is 11.3 Å². The molecule has 1 aliphatic rings. The molecule has 9 heteroatoms. The number of hydrogen-bond acceptors (Lipinski definition) is 4. The van der Waals surface area contributed by atoms with Gasteiger partial charge in [0, 0.05) is 29.8 Å². The number of rotatable bonds is 7. The largest absolute Gasteiger partial charge is 0.321 e. The molecular weight excluding hydrogens is 368 g/mol. The second-order valence-electron chi connectivity index (χ2n) is 7.19.